The van der Waals surface area contributed by atoms with Crippen molar-refractivity contribution in [3.05, 3.63) is 28.2 Å². The highest BCUT2D eigenvalue weighted by Crippen LogP contribution is 2.27. The van der Waals surface area contributed by atoms with Crippen molar-refractivity contribution in [1.29, 1.82) is 0 Å². The van der Waals surface area contributed by atoms with E-state index in [9.17, 15) is 0 Å². The molecule has 0 radical (unpaired) electrons. The molecule has 1 aliphatic rings. The lowest BCUT2D eigenvalue weighted by Gasteiger charge is -2.14. The van der Waals surface area contributed by atoms with Gasteiger partial charge in [0.15, 0.2) is 0 Å². The van der Waals surface area contributed by atoms with Gasteiger partial charge in [0.2, 0.25) is 0 Å². The van der Waals surface area contributed by atoms with Gasteiger partial charge in [-0.15, -0.1) is 0 Å². The van der Waals surface area contributed by atoms with E-state index in [1.165, 1.54) is 5.56 Å². The standard InChI is InChI=1S/C12H16BrNO/c1-2-9-3-4-12(11(13)7-9)15-10-5-6-14-8-10/h3-4,7,10,14H,2,5-6,8H2,1H3/t10-/m0/s1. The van der Waals surface area contributed by atoms with E-state index in [4.69, 9.17) is 4.74 Å². The number of aryl methyl sites for hydroxylation is 1. The smallest absolute Gasteiger partial charge is 0.133 e. The molecular weight excluding hydrogens is 254 g/mol. The van der Waals surface area contributed by atoms with Crippen LogP contribution >= 0.6 is 15.9 Å². The summed E-state index contributed by atoms with van der Waals surface area (Å²) < 4.78 is 6.96. The second-order valence-electron chi connectivity index (χ2n) is 3.85. The summed E-state index contributed by atoms with van der Waals surface area (Å²) in [5.41, 5.74) is 1.33. The molecular formula is C12H16BrNO. The Kier molecular flexibility index (Phi) is 3.65. The Balaban J connectivity index is 2.07. The molecule has 0 saturated carbocycles. The lowest BCUT2D eigenvalue weighted by Crippen LogP contribution is -2.19. The predicted molar refractivity (Wildman–Crippen MR) is 65.4 cm³/mol. The second-order valence-corrected chi connectivity index (χ2v) is 4.71. The number of rotatable bonds is 3. The first-order chi connectivity index (χ1) is 7.29. The molecule has 0 bridgehead atoms. The van der Waals surface area contributed by atoms with Crippen LogP contribution in [0, 0.1) is 0 Å². The number of ether oxygens (including phenoxy) is 1. The molecule has 1 atom stereocenters. The van der Waals surface area contributed by atoms with E-state index < -0.39 is 0 Å². The lowest BCUT2D eigenvalue weighted by molar-refractivity contribution is 0.221. The van der Waals surface area contributed by atoms with Crippen molar-refractivity contribution in [3.63, 3.8) is 0 Å². The lowest BCUT2D eigenvalue weighted by atomic mass is 10.2. The van der Waals surface area contributed by atoms with Crippen LogP contribution in [-0.2, 0) is 6.42 Å². The highest BCUT2D eigenvalue weighted by atomic mass is 79.9. The molecule has 0 amide bonds. The second kappa shape index (κ2) is 4.99. The van der Waals surface area contributed by atoms with Crippen molar-refractivity contribution in [2.75, 3.05) is 13.1 Å². The fourth-order valence-corrected chi connectivity index (χ4v) is 2.29. The molecule has 1 N–H and O–H groups in total. The molecule has 1 aromatic rings. The van der Waals surface area contributed by atoms with Gasteiger partial charge in [-0.25, -0.2) is 0 Å². The molecule has 1 fully saturated rings. The highest BCUT2D eigenvalue weighted by molar-refractivity contribution is 9.10. The summed E-state index contributed by atoms with van der Waals surface area (Å²) in [5.74, 6) is 0.959. The van der Waals surface area contributed by atoms with Crippen molar-refractivity contribution in [2.24, 2.45) is 0 Å². The van der Waals surface area contributed by atoms with Gasteiger partial charge < -0.3 is 10.1 Å². The van der Waals surface area contributed by atoms with Gasteiger partial charge in [-0.2, -0.15) is 0 Å². The summed E-state index contributed by atoms with van der Waals surface area (Å²) in [4.78, 5) is 0. The van der Waals surface area contributed by atoms with Crippen LogP contribution in [0.1, 0.15) is 18.9 Å². The molecule has 2 nitrogen and oxygen atoms in total. The molecule has 15 heavy (non-hydrogen) atoms. The minimum Gasteiger partial charge on any atom is -0.488 e. The van der Waals surface area contributed by atoms with Gasteiger partial charge in [0, 0.05) is 6.54 Å². The molecule has 2 rings (SSSR count). The van der Waals surface area contributed by atoms with Crippen LogP contribution in [0.4, 0.5) is 0 Å². The van der Waals surface area contributed by atoms with Crippen LogP contribution in [0.5, 0.6) is 5.75 Å². The van der Waals surface area contributed by atoms with Crippen LogP contribution in [0.25, 0.3) is 0 Å². The van der Waals surface area contributed by atoms with Crippen LogP contribution in [-0.4, -0.2) is 19.2 Å². The maximum absolute atomic E-state index is 5.90. The van der Waals surface area contributed by atoms with Crippen LogP contribution < -0.4 is 10.1 Å². The molecule has 1 aliphatic heterocycles. The Bertz CT molecular complexity index is 334. The predicted octanol–water partition coefficient (Wildman–Crippen LogP) is 2.75. The van der Waals surface area contributed by atoms with E-state index in [0.717, 1.165) is 36.2 Å². The minimum absolute atomic E-state index is 0.328. The first-order valence-electron chi connectivity index (χ1n) is 5.45. The summed E-state index contributed by atoms with van der Waals surface area (Å²) in [6.45, 7) is 4.18. The number of nitrogens with one attached hydrogen (secondary N) is 1. The Morgan fingerprint density at radius 3 is 3.00 bits per heavy atom. The quantitative estimate of drug-likeness (QED) is 0.911. The average molecular weight is 270 g/mol. The van der Waals surface area contributed by atoms with E-state index in [1.54, 1.807) is 0 Å². The zero-order valence-electron chi connectivity index (χ0n) is 8.92. The molecule has 0 aromatic heterocycles. The zero-order valence-corrected chi connectivity index (χ0v) is 10.5. The molecule has 1 heterocycles. The third-order valence-corrected chi connectivity index (χ3v) is 3.33. The van der Waals surface area contributed by atoms with Crippen molar-refractivity contribution in [2.45, 2.75) is 25.9 Å². The molecule has 0 aliphatic carbocycles. The summed E-state index contributed by atoms with van der Waals surface area (Å²) >= 11 is 3.55. The number of hydrogen-bond acceptors (Lipinski definition) is 2. The number of benzene rings is 1. The fourth-order valence-electron chi connectivity index (χ4n) is 1.77. The minimum atomic E-state index is 0.328. The Morgan fingerprint density at radius 2 is 2.40 bits per heavy atom. The van der Waals surface area contributed by atoms with Crippen LogP contribution in [0.2, 0.25) is 0 Å². The Hall–Kier alpha value is -0.540. The van der Waals surface area contributed by atoms with Gasteiger partial charge >= 0.3 is 0 Å². The first-order valence-corrected chi connectivity index (χ1v) is 6.24. The molecule has 1 aromatic carbocycles. The molecule has 82 valence electrons. The van der Waals surface area contributed by atoms with Gasteiger partial charge in [0.05, 0.1) is 4.47 Å². The molecule has 0 spiro atoms. The molecule has 1 saturated heterocycles. The first kappa shape index (κ1) is 11.0. The molecule has 3 heteroatoms. The Labute approximate surface area is 99.1 Å². The molecule has 0 unspecified atom stereocenters. The third kappa shape index (κ3) is 2.73. The summed E-state index contributed by atoms with van der Waals surface area (Å²) in [7, 11) is 0. The van der Waals surface area contributed by atoms with Crippen molar-refractivity contribution in [3.8, 4) is 5.75 Å². The third-order valence-electron chi connectivity index (χ3n) is 2.71. The summed E-state index contributed by atoms with van der Waals surface area (Å²) in [6.07, 6.45) is 2.49. The van der Waals surface area contributed by atoms with Gasteiger partial charge in [-0.1, -0.05) is 13.0 Å². The Morgan fingerprint density at radius 1 is 1.53 bits per heavy atom. The van der Waals surface area contributed by atoms with Crippen molar-refractivity contribution < 1.29 is 4.74 Å². The van der Waals surface area contributed by atoms with Gasteiger partial charge in [-0.05, 0) is 53.0 Å². The largest absolute Gasteiger partial charge is 0.488 e. The number of hydrogen-bond donors (Lipinski definition) is 1. The van der Waals surface area contributed by atoms with Crippen LogP contribution in [0.3, 0.4) is 0 Å². The normalized spacial score (nSPS) is 20.5. The van der Waals surface area contributed by atoms with Crippen molar-refractivity contribution in [1.82, 2.24) is 5.32 Å². The monoisotopic (exact) mass is 269 g/mol. The summed E-state index contributed by atoms with van der Waals surface area (Å²) in [5, 5.41) is 3.29. The topological polar surface area (TPSA) is 21.3 Å². The van der Waals surface area contributed by atoms with E-state index in [0.29, 0.717) is 6.10 Å². The summed E-state index contributed by atoms with van der Waals surface area (Å²) in [6, 6.07) is 6.32. The van der Waals surface area contributed by atoms with Gasteiger partial charge in [0.25, 0.3) is 0 Å². The zero-order chi connectivity index (χ0) is 10.7. The van der Waals surface area contributed by atoms with E-state index in [1.807, 2.05) is 0 Å². The SMILES string of the molecule is CCc1ccc(O[C@H]2CCNC2)c(Br)c1. The average Bonchev–Trinajstić information content (AvgIpc) is 2.74. The van der Waals surface area contributed by atoms with Gasteiger partial charge in [0.1, 0.15) is 11.9 Å². The van der Waals surface area contributed by atoms with Crippen LogP contribution in [0.15, 0.2) is 22.7 Å². The maximum Gasteiger partial charge on any atom is 0.133 e. The maximum atomic E-state index is 5.90. The van der Waals surface area contributed by atoms with E-state index >= 15 is 0 Å². The van der Waals surface area contributed by atoms with Crippen molar-refractivity contribution >= 4 is 15.9 Å². The fraction of sp³-hybridized carbons (Fsp3) is 0.500. The van der Waals surface area contributed by atoms with E-state index in [-0.39, 0.29) is 0 Å². The van der Waals surface area contributed by atoms with Gasteiger partial charge in [-0.3, -0.25) is 0 Å². The van der Waals surface area contributed by atoms with E-state index in [2.05, 4.69) is 46.4 Å². The number of halogens is 1. The highest BCUT2D eigenvalue weighted by Gasteiger charge is 2.16.